The van der Waals surface area contributed by atoms with Crippen LogP contribution >= 0.6 is 0 Å². The van der Waals surface area contributed by atoms with Crippen molar-refractivity contribution >= 4 is 0 Å². The minimum absolute atomic E-state index is 0.422. The number of phenols is 1. The average molecular weight is 224 g/mol. The minimum Gasteiger partial charge on any atom is -0.507 e. The van der Waals surface area contributed by atoms with Crippen LogP contribution < -0.4 is 0 Å². The molecular weight excluding hydrogens is 196 g/mol. The molecule has 94 valence electrons. The van der Waals surface area contributed by atoms with Gasteiger partial charge in [0.05, 0.1) is 0 Å². The molecule has 0 saturated heterocycles. The molecule has 1 aromatic carbocycles. The highest BCUT2D eigenvalue weighted by Crippen LogP contribution is 2.21. The van der Waals surface area contributed by atoms with Crippen LogP contribution in [0, 0.1) is 20.8 Å². The van der Waals surface area contributed by atoms with Gasteiger partial charge in [0.25, 0.3) is 0 Å². The molecule has 1 heteroatoms. The second kappa shape index (κ2) is 10.5. The number of benzene rings is 1. The molecule has 0 aliphatic heterocycles. The van der Waals surface area contributed by atoms with E-state index in [9.17, 15) is 5.11 Å². The number of aromatic hydroxyl groups is 1. The highest BCUT2D eigenvalue weighted by Gasteiger charge is 1.98. The molecule has 0 spiro atoms. The van der Waals surface area contributed by atoms with Crippen LogP contribution in [-0.4, -0.2) is 5.11 Å². The lowest BCUT2D eigenvalue weighted by Crippen LogP contribution is -1.81. The standard InChI is InChI=1S/C9H12O.2C3H8/c1-6-4-7(2)9(10)8(3)5-6;2*1-3-2/h4-5,10H,1-3H3;2*3H2,1-2H3. The number of aryl methyl sites for hydroxylation is 3. The Morgan fingerprint density at radius 1 is 0.812 bits per heavy atom. The van der Waals surface area contributed by atoms with Crippen molar-refractivity contribution in [2.75, 3.05) is 0 Å². The highest BCUT2D eigenvalue weighted by atomic mass is 16.3. The maximum absolute atomic E-state index is 9.33. The summed E-state index contributed by atoms with van der Waals surface area (Å²) in [6.07, 6.45) is 2.50. The van der Waals surface area contributed by atoms with Gasteiger partial charge in [-0.05, 0) is 31.9 Å². The van der Waals surface area contributed by atoms with E-state index in [1.165, 1.54) is 18.4 Å². The molecule has 0 fully saturated rings. The molecule has 0 aliphatic rings. The SMILES string of the molecule is CCC.CCC.Cc1cc(C)c(O)c(C)c1. The monoisotopic (exact) mass is 224 g/mol. The predicted octanol–water partition coefficient (Wildman–Crippen LogP) is 5.15. The van der Waals surface area contributed by atoms with E-state index in [2.05, 4.69) is 27.7 Å². The molecule has 0 heterocycles. The Hall–Kier alpha value is -0.980. The number of phenolic OH excluding ortho intramolecular Hbond substituents is 1. The van der Waals surface area contributed by atoms with Crippen molar-refractivity contribution in [2.24, 2.45) is 0 Å². The van der Waals surface area contributed by atoms with Gasteiger partial charge in [0.2, 0.25) is 0 Å². The van der Waals surface area contributed by atoms with E-state index in [4.69, 9.17) is 0 Å². The number of hydrogen-bond donors (Lipinski definition) is 1. The summed E-state index contributed by atoms with van der Waals surface area (Å²) < 4.78 is 0. The van der Waals surface area contributed by atoms with E-state index < -0.39 is 0 Å². The molecule has 0 amide bonds. The fraction of sp³-hybridized carbons (Fsp3) is 0.600. The highest BCUT2D eigenvalue weighted by molar-refractivity contribution is 5.41. The minimum atomic E-state index is 0.422. The van der Waals surface area contributed by atoms with Crippen molar-refractivity contribution in [3.05, 3.63) is 28.8 Å². The summed E-state index contributed by atoms with van der Waals surface area (Å²) in [5.74, 6) is 0.422. The maximum atomic E-state index is 9.33. The zero-order valence-electron chi connectivity index (χ0n) is 12.0. The zero-order chi connectivity index (χ0) is 13.1. The second-order valence-corrected chi connectivity index (χ2v) is 4.16. The lowest BCUT2D eigenvalue weighted by molar-refractivity contribution is 0.466. The molecule has 0 radical (unpaired) electrons. The van der Waals surface area contributed by atoms with E-state index in [-0.39, 0.29) is 0 Å². The third-order valence-corrected chi connectivity index (χ3v) is 1.64. The van der Waals surface area contributed by atoms with Gasteiger partial charge in [-0.15, -0.1) is 0 Å². The summed E-state index contributed by atoms with van der Waals surface area (Å²) in [4.78, 5) is 0. The molecule has 1 nitrogen and oxygen atoms in total. The number of hydrogen-bond acceptors (Lipinski definition) is 1. The van der Waals surface area contributed by atoms with Crippen LogP contribution in [0.25, 0.3) is 0 Å². The summed E-state index contributed by atoms with van der Waals surface area (Å²) in [7, 11) is 0. The molecule has 1 aromatic rings. The molecule has 0 saturated carbocycles. The predicted molar refractivity (Wildman–Crippen MR) is 74.2 cm³/mol. The van der Waals surface area contributed by atoms with E-state index >= 15 is 0 Å². The Balaban J connectivity index is 0. The zero-order valence-corrected chi connectivity index (χ0v) is 12.0. The maximum Gasteiger partial charge on any atom is 0.121 e. The second-order valence-electron chi connectivity index (χ2n) is 4.16. The normalized spacial score (nSPS) is 8.44. The lowest BCUT2D eigenvalue weighted by atomic mass is 10.1. The van der Waals surface area contributed by atoms with Gasteiger partial charge in [0.15, 0.2) is 0 Å². The summed E-state index contributed by atoms with van der Waals surface area (Å²) >= 11 is 0. The van der Waals surface area contributed by atoms with Gasteiger partial charge < -0.3 is 5.11 Å². The van der Waals surface area contributed by atoms with Crippen molar-refractivity contribution in [2.45, 2.75) is 61.3 Å². The van der Waals surface area contributed by atoms with Crippen LogP contribution in [0.3, 0.4) is 0 Å². The summed E-state index contributed by atoms with van der Waals surface area (Å²) in [6.45, 7) is 14.4. The molecule has 1 rings (SSSR count). The van der Waals surface area contributed by atoms with E-state index in [0.29, 0.717) is 5.75 Å². The molecule has 0 aliphatic carbocycles. The van der Waals surface area contributed by atoms with Crippen LogP contribution in [0.4, 0.5) is 0 Å². The quantitative estimate of drug-likeness (QED) is 0.646. The van der Waals surface area contributed by atoms with Gasteiger partial charge in [0, 0.05) is 0 Å². The van der Waals surface area contributed by atoms with Gasteiger partial charge in [-0.25, -0.2) is 0 Å². The summed E-state index contributed by atoms with van der Waals surface area (Å²) in [6, 6.07) is 3.95. The molecule has 0 atom stereocenters. The molecule has 0 unspecified atom stereocenters. The first kappa shape index (κ1) is 17.4. The fourth-order valence-electron chi connectivity index (χ4n) is 1.17. The third-order valence-electron chi connectivity index (χ3n) is 1.64. The first-order chi connectivity index (χ1) is 7.44. The van der Waals surface area contributed by atoms with Crippen LogP contribution in [0.1, 0.15) is 57.2 Å². The van der Waals surface area contributed by atoms with E-state index in [0.717, 1.165) is 11.1 Å². The first-order valence-electron chi connectivity index (χ1n) is 6.21. The number of rotatable bonds is 0. The fourth-order valence-corrected chi connectivity index (χ4v) is 1.17. The Labute approximate surface area is 102 Å². The van der Waals surface area contributed by atoms with Gasteiger partial charge in [-0.2, -0.15) is 0 Å². The van der Waals surface area contributed by atoms with Crippen molar-refractivity contribution in [1.82, 2.24) is 0 Å². The Bertz CT molecular complexity index is 252. The van der Waals surface area contributed by atoms with Gasteiger partial charge >= 0.3 is 0 Å². The smallest absolute Gasteiger partial charge is 0.121 e. The molecule has 0 bridgehead atoms. The van der Waals surface area contributed by atoms with Crippen molar-refractivity contribution in [3.8, 4) is 5.75 Å². The van der Waals surface area contributed by atoms with Crippen molar-refractivity contribution in [1.29, 1.82) is 0 Å². The molecule has 16 heavy (non-hydrogen) atoms. The van der Waals surface area contributed by atoms with Crippen LogP contribution in [0.2, 0.25) is 0 Å². The Morgan fingerprint density at radius 2 is 1.06 bits per heavy atom. The molecular formula is C15H28O. The largest absolute Gasteiger partial charge is 0.507 e. The third kappa shape index (κ3) is 8.34. The first-order valence-corrected chi connectivity index (χ1v) is 6.21. The van der Waals surface area contributed by atoms with Gasteiger partial charge in [-0.1, -0.05) is 58.2 Å². The van der Waals surface area contributed by atoms with Gasteiger partial charge in [-0.3, -0.25) is 0 Å². The molecule has 0 aromatic heterocycles. The lowest BCUT2D eigenvalue weighted by Gasteiger charge is -2.03. The van der Waals surface area contributed by atoms with Crippen molar-refractivity contribution in [3.63, 3.8) is 0 Å². The van der Waals surface area contributed by atoms with Crippen LogP contribution in [-0.2, 0) is 0 Å². The van der Waals surface area contributed by atoms with Crippen molar-refractivity contribution < 1.29 is 5.11 Å². The average Bonchev–Trinajstić information content (AvgIpc) is 2.16. The van der Waals surface area contributed by atoms with Crippen LogP contribution in [0.5, 0.6) is 5.75 Å². The van der Waals surface area contributed by atoms with E-state index in [1.54, 1.807) is 0 Å². The summed E-state index contributed by atoms with van der Waals surface area (Å²) in [5, 5.41) is 9.33. The van der Waals surface area contributed by atoms with E-state index in [1.807, 2.05) is 32.9 Å². The van der Waals surface area contributed by atoms with Gasteiger partial charge in [0.1, 0.15) is 5.75 Å². The Morgan fingerprint density at radius 3 is 1.31 bits per heavy atom. The van der Waals surface area contributed by atoms with Crippen LogP contribution in [0.15, 0.2) is 12.1 Å². The Kier molecular flexibility index (Phi) is 11.5. The topological polar surface area (TPSA) is 20.2 Å². The molecule has 1 N–H and O–H groups in total. The summed E-state index contributed by atoms with van der Waals surface area (Å²) in [5.41, 5.74) is 3.11.